The molecule has 2 rings (SSSR count). The molecule has 0 bridgehead atoms. The van der Waals surface area contributed by atoms with Crippen LogP contribution in [0.25, 0.3) is 0 Å². The number of rotatable bonds is 6. The van der Waals surface area contributed by atoms with E-state index in [1.165, 1.54) is 11.3 Å². The fourth-order valence-electron chi connectivity index (χ4n) is 1.84. The van der Waals surface area contributed by atoms with Crippen LogP contribution in [0.1, 0.15) is 43.0 Å². The number of nitrogens with one attached hydrogen (secondary N) is 1. The van der Waals surface area contributed by atoms with E-state index in [9.17, 15) is 9.90 Å². The van der Waals surface area contributed by atoms with Gasteiger partial charge in [-0.2, -0.15) is 11.3 Å². The number of carbonyl (C=O) groups is 1. The highest BCUT2D eigenvalue weighted by Gasteiger charge is 2.24. The van der Waals surface area contributed by atoms with Crippen LogP contribution < -0.4 is 5.32 Å². The predicted octanol–water partition coefficient (Wildman–Crippen LogP) is 2.89. The summed E-state index contributed by atoms with van der Waals surface area (Å²) in [7, 11) is 0. The molecule has 2 N–H and O–H groups in total. The lowest BCUT2D eigenvalue weighted by Crippen LogP contribution is -2.39. The lowest BCUT2D eigenvalue weighted by molar-refractivity contribution is -0.121. The third kappa shape index (κ3) is 4.36. The first-order chi connectivity index (χ1) is 9.88. The van der Waals surface area contributed by atoms with E-state index in [-0.39, 0.29) is 18.9 Å². The monoisotopic (exact) mass is 324 g/mol. The Bertz CT molecular complexity index is 589. The summed E-state index contributed by atoms with van der Waals surface area (Å²) in [5.74, 6) is 0.261. The third-order valence-electron chi connectivity index (χ3n) is 3.18. The maximum absolute atomic E-state index is 12.0. The van der Waals surface area contributed by atoms with E-state index in [0.717, 1.165) is 16.3 Å². The van der Waals surface area contributed by atoms with Gasteiger partial charge >= 0.3 is 0 Å². The minimum atomic E-state index is -1.04. The van der Waals surface area contributed by atoms with E-state index < -0.39 is 5.60 Å². The van der Waals surface area contributed by atoms with Gasteiger partial charge in [0, 0.05) is 11.3 Å². The molecule has 1 atom stereocenters. The van der Waals surface area contributed by atoms with Gasteiger partial charge in [0.25, 0.3) is 0 Å². The molecule has 1 unspecified atom stereocenters. The molecule has 2 aromatic rings. The smallest absolute Gasteiger partial charge is 0.226 e. The highest BCUT2D eigenvalue weighted by atomic mass is 32.1. The lowest BCUT2D eigenvalue weighted by Gasteiger charge is -2.22. The van der Waals surface area contributed by atoms with Crippen LogP contribution in [0.5, 0.6) is 0 Å². The average Bonchev–Trinajstić information content (AvgIpc) is 3.07. The molecule has 0 fully saturated rings. The van der Waals surface area contributed by atoms with Crippen LogP contribution >= 0.6 is 22.7 Å². The van der Waals surface area contributed by atoms with E-state index in [0.29, 0.717) is 5.92 Å². The van der Waals surface area contributed by atoms with E-state index in [2.05, 4.69) is 24.1 Å². The molecule has 0 spiro atoms. The maximum Gasteiger partial charge on any atom is 0.226 e. The van der Waals surface area contributed by atoms with Crippen molar-refractivity contribution >= 4 is 28.6 Å². The van der Waals surface area contributed by atoms with E-state index >= 15 is 0 Å². The van der Waals surface area contributed by atoms with Crippen molar-refractivity contribution in [3.8, 4) is 0 Å². The van der Waals surface area contributed by atoms with Gasteiger partial charge in [0.1, 0.15) is 5.60 Å². The molecular formula is C15H20N2O2S2. The summed E-state index contributed by atoms with van der Waals surface area (Å²) in [6, 6.07) is 1.87. The van der Waals surface area contributed by atoms with Gasteiger partial charge in [0.2, 0.25) is 5.91 Å². The molecule has 0 radical (unpaired) electrons. The van der Waals surface area contributed by atoms with Crippen LogP contribution in [0.2, 0.25) is 0 Å². The molecule has 114 valence electrons. The fraction of sp³-hybridized carbons (Fsp3) is 0.467. The van der Waals surface area contributed by atoms with Crippen molar-refractivity contribution in [1.29, 1.82) is 0 Å². The Morgan fingerprint density at radius 1 is 1.48 bits per heavy atom. The normalized spacial score (nSPS) is 14.1. The van der Waals surface area contributed by atoms with Gasteiger partial charge in [-0.25, -0.2) is 4.98 Å². The molecule has 0 aliphatic heterocycles. The highest BCUT2D eigenvalue weighted by molar-refractivity contribution is 7.09. The minimum Gasteiger partial charge on any atom is -0.384 e. The average molecular weight is 324 g/mol. The number of nitrogens with zero attached hydrogens (tertiary/aromatic N) is 1. The zero-order valence-electron chi connectivity index (χ0n) is 12.4. The third-order valence-corrected chi connectivity index (χ3v) is 5.06. The van der Waals surface area contributed by atoms with Gasteiger partial charge in [0.15, 0.2) is 0 Å². The number of thiophene rings is 1. The van der Waals surface area contributed by atoms with Crippen molar-refractivity contribution in [3.63, 3.8) is 0 Å². The largest absolute Gasteiger partial charge is 0.384 e. The van der Waals surface area contributed by atoms with Crippen LogP contribution in [0.15, 0.2) is 22.2 Å². The Labute approximate surface area is 132 Å². The SMILES string of the molecule is CC(C)c1nc(CC(=O)NCC(C)(O)c2ccsc2)cs1. The van der Waals surface area contributed by atoms with Crippen molar-refractivity contribution in [2.75, 3.05) is 6.54 Å². The Morgan fingerprint density at radius 2 is 2.24 bits per heavy atom. The standard InChI is InChI=1S/C15H20N2O2S2/c1-10(2)14-17-12(8-21-14)6-13(18)16-9-15(3,19)11-4-5-20-7-11/h4-5,7-8,10,19H,6,9H2,1-3H3,(H,16,18). The Balaban J connectivity index is 1.87. The zero-order valence-corrected chi connectivity index (χ0v) is 14.1. The van der Waals surface area contributed by atoms with Crippen LogP contribution in [-0.4, -0.2) is 22.5 Å². The first-order valence-electron chi connectivity index (χ1n) is 6.84. The number of hydrogen-bond donors (Lipinski definition) is 2. The summed E-state index contributed by atoms with van der Waals surface area (Å²) in [5, 5.41) is 19.9. The van der Waals surface area contributed by atoms with Crippen molar-refractivity contribution < 1.29 is 9.90 Å². The van der Waals surface area contributed by atoms with Crippen LogP contribution in [0.3, 0.4) is 0 Å². The minimum absolute atomic E-state index is 0.119. The number of amides is 1. The molecule has 6 heteroatoms. The van der Waals surface area contributed by atoms with Gasteiger partial charge < -0.3 is 10.4 Å². The van der Waals surface area contributed by atoms with Crippen LogP contribution in [-0.2, 0) is 16.8 Å². The number of aromatic nitrogens is 1. The van der Waals surface area contributed by atoms with Crippen molar-refractivity contribution in [2.24, 2.45) is 0 Å². The Hall–Kier alpha value is -1.24. The summed E-state index contributed by atoms with van der Waals surface area (Å²) in [5.41, 5.74) is 0.570. The molecule has 0 aliphatic rings. The molecule has 1 amide bonds. The van der Waals surface area contributed by atoms with Crippen LogP contribution in [0, 0.1) is 0 Å². The van der Waals surface area contributed by atoms with Gasteiger partial charge in [-0.05, 0) is 29.3 Å². The maximum atomic E-state index is 12.0. The molecule has 0 aliphatic carbocycles. The van der Waals surface area contributed by atoms with E-state index in [4.69, 9.17) is 0 Å². The van der Waals surface area contributed by atoms with Gasteiger partial charge in [-0.1, -0.05) is 13.8 Å². The summed E-state index contributed by atoms with van der Waals surface area (Å²) in [6.45, 7) is 6.07. The second-order valence-corrected chi connectivity index (χ2v) is 7.24. The molecule has 0 aromatic carbocycles. The molecule has 0 saturated heterocycles. The predicted molar refractivity (Wildman–Crippen MR) is 86.8 cm³/mol. The summed E-state index contributed by atoms with van der Waals surface area (Å²) >= 11 is 3.11. The van der Waals surface area contributed by atoms with Crippen molar-refractivity contribution in [3.05, 3.63) is 38.5 Å². The summed E-state index contributed by atoms with van der Waals surface area (Å²) < 4.78 is 0. The van der Waals surface area contributed by atoms with Gasteiger partial charge in [-0.3, -0.25) is 4.79 Å². The molecule has 2 aromatic heterocycles. The first kappa shape index (κ1) is 16.1. The molecule has 21 heavy (non-hydrogen) atoms. The van der Waals surface area contributed by atoms with Gasteiger partial charge in [-0.15, -0.1) is 11.3 Å². The Morgan fingerprint density at radius 3 is 2.81 bits per heavy atom. The highest BCUT2D eigenvalue weighted by Crippen LogP contribution is 2.22. The van der Waals surface area contributed by atoms with E-state index in [1.54, 1.807) is 18.3 Å². The Kier molecular flexibility index (Phi) is 5.13. The second kappa shape index (κ2) is 6.68. The summed E-state index contributed by atoms with van der Waals surface area (Å²) in [4.78, 5) is 16.4. The molecule has 4 nitrogen and oxygen atoms in total. The first-order valence-corrected chi connectivity index (χ1v) is 8.67. The second-order valence-electron chi connectivity index (χ2n) is 5.57. The fourth-order valence-corrected chi connectivity index (χ4v) is 3.46. The summed E-state index contributed by atoms with van der Waals surface area (Å²) in [6.07, 6.45) is 0.253. The van der Waals surface area contributed by atoms with Crippen molar-refractivity contribution in [1.82, 2.24) is 10.3 Å². The zero-order chi connectivity index (χ0) is 15.5. The number of hydrogen-bond acceptors (Lipinski definition) is 5. The molecule has 2 heterocycles. The van der Waals surface area contributed by atoms with Gasteiger partial charge in [0.05, 0.1) is 23.7 Å². The number of aliphatic hydroxyl groups is 1. The topological polar surface area (TPSA) is 62.2 Å². The quantitative estimate of drug-likeness (QED) is 0.859. The molecular weight excluding hydrogens is 304 g/mol. The number of thiazole rings is 1. The van der Waals surface area contributed by atoms with E-state index in [1.807, 2.05) is 22.2 Å². The lowest BCUT2D eigenvalue weighted by atomic mass is 9.99. The molecule has 0 saturated carbocycles. The van der Waals surface area contributed by atoms with Crippen LogP contribution in [0.4, 0.5) is 0 Å². The number of carbonyl (C=O) groups excluding carboxylic acids is 1. The van der Waals surface area contributed by atoms with Crippen molar-refractivity contribution in [2.45, 2.75) is 38.7 Å².